The van der Waals surface area contributed by atoms with Crippen LogP contribution in [-0.4, -0.2) is 17.4 Å². The second-order valence-corrected chi connectivity index (χ2v) is 7.12. The van der Waals surface area contributed by atoms with Crippen LogP contribution in [0.2, 0.25) is 0 Å². The normalized spacial score (nSPS) is 12.0. The number of nitrogens with zero attached hydrogens (tertiary/aromatic N) is 2. The van der Waals surface area contributed by atoms with E-state index >= 15 is 0 Å². The third kappa shape index (κ3) is 2.11. The SMILES string of the molecule is Cc1ccc(S(=O)(=O)n2ccc3c(C)c(F)c(C)nc32)cc1. The highest BCUT2D eigenvalue weighted by Gasteiger charge is 2.21. The molecule has 114 valence electrons. The summed E-state index contributed by atoms with van der Waals surface area (Å²) < 4.78 is 40.5. The Balaban J connectivity index is 2.28. The van der Waals surface area contributed by atoms with Crippen LogP contribution in [0.25, 0.3) is 11.0 Å². The largest absolute Gasteiger partial charge is 0.269 e. The molecular weight excluding hydrogens is 303 g/mol. The molecule has 6 heteroatoms. The van der Waals surface area contributed by atoms with Crippen molar-refractivity contribution in [2.24, 2.45) is 0 Å². The molecular formula is C16H15FN2O2S. The zero-order valence-electron chi connectivity index (χ0n) is 12.5. The molecule has 4 nitrogen and oxygen atoms in total. The Kier molecular flexibility index (Phi) is 3.29. The fourth-order valence-corrected chi connectivity index (χ4v) is 3.72. The molecule has 0 aliphatic rings. The van der Waals surface area contributed by atoms with Gasteiger partial charge in [-0.15, -0.1) is 0 Å². The third-order valence-corrected chi connectivity index (χ3v) is 5.41. The number of pyridine rings is 1. The van der Waals surface area contributed by atoms with Gasteiger partial charge < -0.3 is 0 Å². The summed E-state index contributed by atoms with van der Waals surface area (Å²) in [5.74, 6) is -0.405. The molecule has 0 aliphatic carbocycles. The van der Waals surface area contributed by atoms with E-state index in [2.05, 4.69) is 4.98 Å². The van der Waals surface area contributed by atoms with Gasteiger partial charge in [0.15, 0.2) is 5.65 Å². The number of benzene rings is 1. The van der Waals surface area contributed by atoms with Gasteiger partial charge in [-0.25, -0.2) is 21.8 Å². The lowest BCUT2D eigenvalue weighted by molar-refractivity contribution is 0.587. The fraction of sp³-hybridized carbons (Fsp3) is 0.188. The second-order valence-electron chi connectivity index (χ2n) is 5.30. The van der Waals surface area contributed by atoms with Gasteiger partial charge in [-0.2, -0.15) is 0 Å². The van der Waals surface area contributed by atoms with Crippen LogP contribution in [0.1, 0.15) is 16.8 Å². The van der Waals surface area contributed by atoms with Crippen LogP contribution in [0.3, 0.4) is 0 Å². The lowest BCUT2D eigenvalue weighted by Crippen LogP contribution is -2.13. The molecule has 0 radical (unpaired) electrons. The number of hydrogen-bond donors (Lipinski definition) is 0. The first-order valence-electron chi connectivity index (χ1n) is 6.78. The minimum Gasteiger partial charge on any atom is -0.231 e. The summed E-state index contributed by atoms with van der Waals surface area (Å²) in [4.78, 5) is 4.29. The van der Waals surface area contributed by atoms with Crippen molar-refractivity contribution in [3.8, 4) is 0 Å². The van der Waals surface area contributed by atoms with Gasteiger partial charge in [-0.05, 0) is 44.5 Å². The second kappa shape index (κ2) is 4.91. The summed E-state index contributed by atoms with van der Waals surface area (Å²) in [7, 11) is -3.75. The molecule has 0 spiro atoms. The van der Waals surface area contributed by atoms with E-state index in [1.165, 1.54) is 13.1 Å². The predicted molar refractivity (Wildman–Crippen MR) is 82.9 cm³/mol. The molecule has 0 N–H and O–H groups in total. The standard InChI is InChI=1S/C16H15FN2O2S/c1-10-4-6-13(7-5-10)22(20,21)19-9-8-14-11(2)15(17)12(3)18-16(14)19/h4-9H,1-3H3. The van der Waals surface area contributed by atoms with Gasteiger partial charge >= 0.3 is 0 Å². The molecule has 0 aliphatic heterocycles. The summed E-state index contributed by atoms with van der Waals surface area (Å²) in [6, 6.07) is 8.16. The van der Waals surface area contributed by atoms with Gasteiger partial charge in [0.1, 0.15) is 5.82 Å². The number of fused-ring (bicyclic) bond motifs is 1. The van der Waals surface area contributed by atoms with Gasteiger partial charge in [-0.3, -0.25) is 0 Å². The Bertz CT molecular complexity index is 974. The van der Waals surface area contributed by atoms with Crippen molar-refractivity contribution in [2.75, 3.05) is 0 Å². The zero-order chi connectivity index (χ0) is 16.1. The van der Waals surface area contributed by atoms with Crippen LogP contribution >= 0.6 is 0 Å². The van der Waals surface area contributed by atoms with E-state index in [1.807, 2.05) is 6.92 Å². The summed E-state index contributed by atoms with van der Waals surface area (Å²) in [6.45, 7) is 5.03. The molecule has 0 unspecified atom stereocenters. The van der Waals surface area contributed by atoms with Crippen molar-refractivity contribution >= 4 is 21.1 Å². The number of hydrogen-bond acceptors (Lipinski definition) is 3. The highest BCUT2D eigenvalue weighted by atomic mass is 32.2. The van der Waals surface area contributed by atoms with Crippen molar-refractivity contribution in [2.45, 2.75) is 25.7 Å². The number of halogens is 1. The van der Waals surface area contributed by atoms with Gasteiger partial charge in [0.05, 0.1) is 10.6 Å². The average Bonchev–Trinajstić information content (AvgIpc) is 2.90. The minimum atomic E-state index is -3.75. The predicted octanol–water partition coefficient (Wildman–Crippen LogP) is 3.34. The zero-order valence-corrected chi connectivity index (χ0v) is 13.3. The van der Waals surface area contributed by atoms with E-state index < -0.39 is 15.8 Å². The molecule has 0 atom stereocenters. The fourth-order valence-electron chi connectivity index (χ4n) is 2.42. The maximum Gasteiger partial charge on any atom is 0.269 e. The molecule has 3 aromatic rings. The summed E-state index contributed by atoms with van der Waals surface area (Å²) in [5, 5.41) is 0.499. The maximum atomic E-state index is 13.9. The molecule has 2 aromatic heterocycles. The van der Waals surface area contributed by atoms with Crippen molar-refractivity contribution in [3.05, 3.63) is 59.2 Å². The van der Waals surface area contributed by atoms with E-state index in [-0.39, 0.29) is 16.2 Å². The maximum absolute atomic E-state index is 13.9. The van der Waals surface area contributed by atoms with Crippen LogP contribution in [-0.2, 0) is 10.0 Å². The Morgan fingerprint density at radius 3 is 2.32 bits per heavy atom. The summed E-state index contributed by atoms with van der Waals surface area (Å²) in [6.07, 6.45) is 1.42. The number of aromatic nitrogens is 2. The molecule has 0 amide bonds. The topological polar surface area (TPSA) is 52.0 Å². The summed E-state index contributed by atoms with van der Waals surface area (Å²) >= 11 is 0. The molecule has 0 fully saturated rings. The van der Waals surface area contributed by atoms with Crippen LogP contribution in [0.4, 0.5) is 4.39 Å². The first-order valence-corrected chi connectivity index (χ1v) is 8.22. The highest BCUT2D eigenvalue weighted by Crippen LogP contribution is 2.25. The molecule has 2 heterocycles. The molecule has 0 saturated carbocycles. The molecule has 0 bridgehead atoms. The number of rotatable bonds is 2. The van der Waals surface area contributed by atoms with E-state index in [0.717, 1.165) is 9.54 Å². The van der Waals surface area contributed by atoms with Crippen molar-refractivity contribution in [1.29, 1.82) is 0 Å². The van der Waals surface area contributed by atoms with Crippen LogP contribution in [0, 0.1) is 26.6 Å². The highest BCUT2D eigenvalue weighted by molar-refractivity contribution is 7.90. The van der Waals surface area contributed by atoms with E-state index in [9.17, 15) is 12.8 Å². The average molecular weight is 318 g/mol. The Hall–Kier alpha value is -2.21. The van der Waals surface area contributed by atoms with E-state index in [0.29, 0.717) is 10.9 Å². The Morgan fingerprint density at radius 1 is 1.05 bits per heavy atom. The lowest BCUT2D eigenvalue weighted by Gasteiger charge is -2.09. The van der Waals surface area contributed by atoms with Crippen molar-refractivity contribution in [1.82, 2.24) is 8.96 Å². The molecule has 22 heavy (non-hydrogen) atoms. The smallest absolute Gasteiger partial charge is 0.231 e. The van der Waals surface area contributed by atoms with Crippen LogP contribution in [0.15, 0.2) is 41.4 Å². The molecule has 3 rings (SSSR count). The minimum absolute atomic E-state index is 0.178. The molecule has 1 aromatic carbocycles. The van der Waals surface area contributed by atoms with Crippen LogP contribution < -0.4 is 0 Å². The monoisotopic (exact) mass is 318 g/mol. The number of aryl methyl sites for hydroxylation is 3. The van der Waals surface area contributed by atoms with Gasteiger partial charge in [0.25, 0.3) is 10.0 Å². The quantitative estimate of drug-likeness (QED) is 0.728. The first-order chi connectivity index (χ1) is 10.3. The first kappa shape index (κ1) is 14.7. The van der Waals surface area contributed by atoms with E-state index in [1.54, 1.807) is 37.3 Å². The van der Waals surface area contributed by atoms with Gasteiger partial charge in [0.2, 0.25) is 0 Å². The lowest BCUT2D eigenvalue weighted by atomic mass is 10.2. The van der Waals surface area contributed by atoms with Gasteiger partial charge in [-0.1, -0.05) is 17.7 Å². The Labute approximate surface area is 128 Å². The van der Waals surface area contributed by atoms with Crippen molar-refractivity contribution in [3.63, 3.8) is 0 Å². The van der Waals surface area contributed by atoms with Crippen molar-refractivity contribution < 1.29 is 12.8 Å². The third-order valence-electron chi connectivity index (χ3n) is 3.73. The summed E-state index contributed by atoms with van der Waals surface area (Å²) in [5.41, 5.74) is 1.81. The molecule has 0 saturated heterocycles. The Morgan fingerprint density at radius 2 is 1.68 bits per heavy atom. The van der Waals surface area contributed by atoms with E-state index in [4.69, 9.17) is 0 Å². The van der Waals surface area contributed by atoms with Crippen LogP contribution in [0.5, 0.6) is 0 Å². The van der Waals surface area contributed by atoms with Gasteiger partial charge in [0, 0.05) is 11.6 Å².